The Kier molecular flexibility index (Phi) is 8.54. The predicted molar refractivity (Wildman–Crippen MR) is 161 cm³/mol. The van der Waals surface area contributed by atoms with Crippen LogP contribution in [-0.4, -0.2) is 34.0 Å². The van der Waals surface area contributed by atoms with E-state index in [9.17, 15) is 15.0 Å². The summed E-state index contributed by atoms with van der Waals surface area (Å²) in [5.41, 5.74) is -0.674. The van der Waals surface area contributed by atoms with E-state index >= 15 is 0 Å². The number of carbonyl (C=O) groups excluding carboxylic acids is 1. The predicted octanol–water partition coefficient (Wildman–Crippen LogP) is 8.06. The highest BCUT2D eigenvalue weighted by Gasteiger charge is 2.67. The molecular formula is C36H56O4. The van der Waals surface area contributed by atoms with E-state index in [0.717, 1.165) is 42.9 Å². The quantitative estimate of drug-likeness (QED) is 0.320. The van der Waals surface area contributed by atoms with Crippen LogP contribution in [0.15, 0.2) is 30.3 Å². The van der Waals surface area contributed by atoms with Crippen molar-refractivity contribution in [3.63, 3.8) is 0 Å². The van der Waals surface area contributed by atoms with Crippen molar-refractivity contribution in [1.82, 2.24) is 0 Å². The molecule has 0 radical (unpaired) electrons. The second-order valence-electron chi connectivity index (χ2n) is 15.3. The van der Waals surface area contributed by atoms with Gasteiger partial charge in [0.05, 0.1) is 17.3 Å². The van der Waals surface area contributed by atoms with Gasteiger partial charge in [-0.3, -0.25) is 0 Å². The number of esters is 1. The van der Waals surface area contributed by atoms with Crippen molar-refractivity contribution in [2.24, 2.45) is 52.3 Å². The van der Waals surface area contributed by atoms with Crippen LogP contribution in [0.2, 0.25) is 0 Å². The van der Waals surface area contributed by atoms with E-state index in [2.05, 4.69) is 41.5 Å². The number of carbonyl (C=O) groups is 1. The Morgan fingerprint density at radius 2 is 1.73 bits per heavy atom. The van der Waals surface area contributed by atoms with E-state index in [1.165, 1.54) is 38.5 Å². The molecule has 4 nitrogen and oxygen atoms in total. The van der Waals surface area contributed by atoms with Crippen LogP contribution in [0.3, 0.4) is 0 Å². The lowest BCUT2D eigenvalue weighted by Crippen LogP contribution is -2.68. The first-order chi connectivity index (χ1) is 18.9. The molecule has 4 fully saturated rings. The third-order valence-electron chi connectivity index (χ3n) is 13.3. The number of fused-ring (bicyclic) bond motifs is 5. The van der Waals surface area contributed by atoms with Crippen LogP contribution in [0.25, 0.3) is 0 Å². The third-order valence-corrected chi connectivity index (χ3v) is 13.3. The summed E-state index contributed by atoms with van der Waals surface area (Å²) >= 11 is 0. The number of aliphatic hydroxyl groups is 2. The molecule has 0 bridgehead atoms. The van der Waals surface area contributed by atoms with E-state index in [0.29, 0.717) is 41.6 Å². The first-order valence-electron chi connectivity index (χ1n) is 16.6. The molecule has 2 N–H and O–H groups in total. The Labute approximate surface area is 243 Å². The Morgan fingerprint density at radius 3 is 2.40 bits per heavy atom. The van der Waals surface area contributed by atoms with Gasteiger partial charge in [0.25, 0.3) is 0 Å². The summed E-state index contributed by atoms with van der Waals surface area (Å²) in [4.78, 5) is 12.8. The second-order valence-corrected chi connectivity index (χ2v) is 15.3. The lowest BCUT2D eigenvalue weighted by Gasteiger charge is -2.65. The molecule has 0 aliphatic heterocycles. The van der Waals surface area contributed by atoms with E-state index < -0.39 is 11.7 Å². The normalized spacial score (nSPS) is 42.4. The van der Waals surface area contributed by atoms with Crippen molar-refractivity contribution < 1.29 is 19.7 Å². The molecule has 4 aliphatic rings. The van der Waals surface area contributed by atoms with Gasteiger partial charge in [0.1, 0.15) is 6.10 Å². The minimum absolute atomic E-state index is 0.334. The third kappa shape index (κ3) is 4.97. The van der Waals surface area contributed by atoms with Crippen molar-refractivity contribution >= 4 is 5.97 Å². The average Bonchev–Trinajstić information content (AvgIpc) is 3.28. The highest BCUT2D eigenvalue weighted by molar-refractivity contribution is 5.89. The molecule has 40 heavy (non-hydrogen) atoms. The SMILES string of the molecule is CCC(CCC(C)C1CCC2C3CC(O)C4(O)CC(OC(=O)c5ccccc5)CCC4(C)C3CCC12C)C(C)C. The van der Waals surface area contributed by atoms with Gasteiger partial charge in [-0.15, -0.1) is 0 Å². The zero-order chi connectivity index (χ0) is 28.9. The van der Waals surface area contributed by atoms with Gasteiger partial charge in [-0.05, 0) is 110 Å². The lowest BCUT2D eigenvalue weighted by atomic mass is 9.42. The number of aliphatic hydroxyl groups excluding tert-OH is 1. The Morgan fingerprint density at radius 1 is 1.00 bits per heavy atom. The molecule has 1 aromatic carbocycles. The highest BCUT2D eigenvalue weighted by atomic mass is 16.5. The molecule has 4 aliphatic carbocycles. The Balaban J connectivity index is 1.28. The van der Waals surface area contributed by atoms with Gasteiger partial charge in [0.15, 0.2) is 0 Å². The van der Waals surface area contributed by atoms with Crippen LogP contribution in [0, 0.1) is 52.3 Å². The fourth-order valence-electron chi connectivity index (χ4n) is 10.8. The first kappa shape index (κ1) is 30.1. The molecule has 11 atom stereocenters. The summed E-state index contributed by atoms with van der Waals surface area (Å²) in [5.74, 6) is 4.30. The number of hydrogen-bond donors (Lipinski definition) is 2. The molecule has 224 valence electrons. The molecule has 1 aromatic rings. The number of rotatable bonds is 8. The highest BCUT2D eigenvalue weighted by Crippen LogP contribution is 2.69. The first-order valence-corrected chi connectivity index (χ1v) is 16.6. The second kappa shape index (κ2) is 11.4. The summed E-state index contributed by atoms with van der Waals surface area (Å²) in [5, 5.41) is 23.9. The molecule has 4 heteroatoms. The average molecular weight is 553 g/mol. The maximum absolute atomic E-state index is 12.8. The fraction of sp³-hybridized carbons (Fsp3) is 0.806. The van der Waals surface area contributed by atoms with Gasteiger partial charge in [-0.1, -0.05) is 72.6 Å². The van der Waals surface area contributed by atoms with E-state index in [-0.39, 0.29) is 17.5 Å². The zero-order valence-electron chi connectivity index (χ0n) is 26.1. The Hall–Kier alpha value is -1.39. The smallest absolute Gasteiger partial charge is 0.338 e. The molecule has 0 spiro atoms. The summed E-state index contributed by atoms with van der Waals surface area (Å²) in [6, 6.07) is 9.10. The summed E-state index contributed by atoms with van der Waals surface area (Å²) in [6.07, 6.45) is 10.4. The summed E-state index contributed by atoms with van der Waals surface area (Å²) in [6.45, 7) is 14.5. The molecular weight excluding hydrogens is 496 g/mol. The van der Waals surface area contributed by atoms with E-state index in [1.54, 1.807) is 12.1 Å². The summed E-state index contributed by atoms with van der Waals surface area (Å²) in [7, 11) is 0. The number of hydrogen-bond acceptors (Lipinski definition) is 4. The van der Waals surface area contributed by atoms with Gasteiger partial charge < -0.3 is 14.9 Å². The van der Waals surface area contributed by atoms with E-state index in [1.807, 2.05) is 18.2 Å². The van der Waals surface area contributed by atoms with Gasteiger partial charge >= 0.3 is 5.97 Å². The Bertz CT molecular complexity index is 1020. The minimum atomic E-state index is -1.21. The van der Waals surface area contributed by atoms with Crippen molar-refractivity contribution in [2.75, 3.05) is 0 Å². The molecule has 0 aromatic heterocycles. The van der Waals surface area contributed by atoms with Crippen LogP contribution < -0.4 is 0 Å². The molecule has 11 unspecified atom stereocenters. The molecule has 0 saturated heterocycles. The standard InChI is InChI=1S/C36H56O4/c1-7-25(23(2)3)14-13-24(4)29-15-16-30-28-21-32(37)36(39)22-27(40-33(38)26-11-9-8-10-12-26)17-20-35(36,6)31(28)18-19-34(29,30)5/h8-12,23-25,27-32,37,39H,7,13-22H2,1-6H3. The van der Waals surface area contributed by atoms with Gasteiger partial charge in [0.2, 0.25) is 0 Å². The number of ether oxygens (including phenoxy) is 1. The van der Waals surface area contributed by atoms with Crippen LogP contribution >= 0.6 is 0 Å². The molecule has 5 rings (SSSR count). The lowest BCUT2D eigenvalue weighted by molar-refractivity contribution is -0.264. The van der Waals surface area contributed by atoms with Crippen molar-refractivity contribution in [2.45, 2.75) is 130 Å². The van der Waals surface area contributed by atoms with Crippen molar-refractivity contribution in [3.8, 4) is 0 Å². The minimum Gasteiger partial charge on any atom is -0.459 e. The van der Waals surface area contributed by atoms with Crippen LogP contribution in [-0.2, 0) is 4.74 Å². The molecule has 0 heterocycles. The molecule has 4 saturated carbocycles. The topological polar surface area (TPSA) is 66.8 Å². The monoisotopic (exact) mass is 552 g/mol. The van der Waals surface area contributed by atoms with Gasteiger partial charge in [0, 0.05) is 11.8 Å². The maximum atomic E-state index is 12.8. The van der Waals surface area contributed by atoms with Crippen molar-refractivity contribution in [3.05, 3.63) is 35.9 Å². The zero-order valence-corrected chi connectivity index (χ0v) is 26.1. The van der Waals surface area contributed by atoms with Crippen molar-refractivity contribution in [1.29, 1.82) is 0 Å². The van der Waals surface area contributed by atoms with E-state index in [4.69, 9.17) is 4.74 Å². The summed E-state index contributed by atoms with van der Waals surface area (Å²) < 4.78 is 5.90. The fourth-order valence-corrected chi connectivity index (χ4v) is 10.8. The largest absolute Gasteiger partial charge is 0.459 e. The van der Waals surface area contributed by atoms with Gasteiger partial charge in [-0.25, -0.2) is 4.79 Å². The van der Waals surface area contributed by atoms with Crippen LogP contribution in [0.1, 0.15) is 123 Å². The van der Waals surface area contributed by atoms with Crippen LogP contribution in [0.4, 0.5) is 0 Å². The van der Waals surface area contributed by atoms with Crippen LogP contribution in [0.5, 0.6) is 0 Å². The molecule has 0 amide bonds. The number of benzene rings is 1. The van der Waals surface area contributed by atoms with Gasteiger partial charge in [-0.2, -0.15) is 0 Å². The maximum Gasteiger partial charge on any atom is 0.338 e.